The molecule has 17 heavy (non-hydrogen) atoms. The molecule has 1 aliphatic carbocycles. The Hall–Kier alpha value is -1.77. The van der Waals surface area contributed by atoms with E-state index in [4.69, 9.17) is 9.57 Å². The van der Waals surface area contributed by atoms with Crippen molar-refractivity contribution < 1.29 is 9.57 Å². The fourth-order valence-electron chi connectivity index (χ4n) is 1.82. The Morgan fingerprint density at radius 2 is 2.12 bits per heavy atom. The van der Waals surface area contributed by atoms with Gasteiger partial charge in [-0.05, 0) is 37.5 Å². The molecule has 3 nitrogen and oxygen atoms in total. The van der Waals surface area contributed by atoms with Crippen LogP contribution in [0.4, 0.5) is 0 Å². The van der Waals surface area contributed by atoms with E-state index in [1.54, 1.807) is 13.3 Å². The molecule has 0 fully saturated rings. The number of hydrogen-bond acceptors (Lipinski definition) is 3. The van der Waals surface area contributed by atoms with Gasteiger partial charge in [-0.15, -0.1) is 0 Å². The van der Waals surface area contributed by atoms with Crippen LogP contribution in [0.5, 0.6) is 5.75 Å². The molecule has 0 radical (unpaired) electrons. The summed E-state index contributed by atoms with van der Waals surface area (Å²) in [4.78, 5) is 5.36. The quantitative estimate of drug-likeness (QED) is 0.586. The molecule has 0 atom stereocenters. The number of ether oxygens (including phenoxy) is 1. The van der Waals surface area contributed by atoms with Crippen molar-refractivity contribution in [3.8, 4) is 5.75 Å². The molecule has 0 amide bonds. The lowest BCUT2D eigenvalue weighted by molar-refractivity contribution is 0.210. The predicted molar refractivity (Wildman–Crippen MR) is 68.2 cm³/mol. The molecule has 0 bridgehead atoms. The molecule has 0 saturated carbocycles. The normalized spacial score (nSPS) is 15.7. The van der Waals surface area contributed by atoms with Crippen molar-refractivity contribution in [2.24, 2.45) is 5.16 Å². The summed E-state index contributed by atoms with van der Waals surface area (Å²) in [7, 11) is 1.65. The van der Waals surface area contributed by atoms with Gasteiger partial charge < -0.3 is 9.57 Å². The first-order valence-corrected chi connectivity index (χ1v) is 5.92. The first kappa shape index (κ1) is 11.7. The number of nitrogens with zero attached hydrogens (tertiary/aromatic N) is 1. The van der Waals surface area contributed by atoms with Gasteiger partial charge in [-0.3, -0.25) is 0 Å². The van der Waals surface area contributed by atoms with Crippen LogP contribution >= 0.6 is 0 Å². The fraction of sp³-hybridized carbons (Fsp3) is 0.357. The lowest BCUT2D eigenvalue weighted by Gasteiger charge is -2.09. The monoisotopic (exact) mass is 231 g/mol. The summed E-state index contributed by atoms with van der Waals surface area (Å²) in [6, 6.07) is 7.73. The molecule has 0 unspecified atom stereocenters. The van der Waals surface area contributed by atoms with Crippen molar-refractivity contribution >= 4 is 6.21 Å². The fourth-order valence-corrected chi connectivity index (χ4v) is 1.82. The van der Waals surface area contributed by atoms with Gasteiger partial charge in [-0.2, -0.15) is 0 Å². The molecule has 1 aliphatic rings. The molecular weight excluding hydrogens is 214 g/mol. The second kappa shape index (κ2) is 6.09. The summed E-state index contributed by atoms with van der Waals surface area (Å²) in [6.45, 7) is 0. The van der Waals surface area contributed by atoms with Gasteiger partial charge in [0.2, 0.25) is 0 Å². The Morgan fingerprint density at radius 1 is 1.24 bits per heavy atom. The Kier molecular flexibility index (Phi) is 4.19. The summed E-state index contributed by atoms with van der Waals surface area (Å²) in [6.07, 6.45) is 8.33. The lowest BCUT2D eigenvalue weighted by Crippen LogP contribution is -1.94. The van der Waals surface area contributed by atoms with Crippen LogP contribution in [0.2, 0.25) is 0 Å². The number of methoxy groups -OCH3 is 1. The molecule has 0 saturated heterocycles. The SMILES string of the molecule is COc1ccccc1C=NOC1=CCCCC1. The number of allylic oxidation sites excluding steroid dienone is 2. The maximum Gasteiger partial charge on any atom is 0.131 e. The first-order chi connectivity index (χ1) is 8.40. The van der Waals surface area contributed by atoms with E-state index in [0.717, 1.165) is 29.9 Å². The van der Waals surface area contributed by atoms with E-state index in [1.807, 2.05) is 24.3 Å². The highest BCUT2D eigenvalue weighted by molar-refractivity contribution is 5.83. The summed E-state index contributed by atoms with van der Waals surface area (Å²) >= 11 is 0. The molecule has 1 aromatic carbocycles. The predicted octanol–water partition coefficient (Wildman–Crippen LogP) is 3.50. The molecule has 90 valence electrons. The zero-order chi connectivity index (χ0) is 11.9. The minimum absolute atomic E-state index is 0.803. The van der Waals surface area contributed by atoms with Gasteiger partial charge in [0.1, 0.15) is 11.5 Å². The third-order valence-electron chi connectivity index (χ3n) is 2.75. The van der Waals surface area contributed by atoms with Crippen LogP contribution in [0.3, 0.4) is 0 Å². The van der Waals surface area contributed by atoms with Crippen molar-refractivity contribution in [1.29, 1.82) is 0 Å². The third kappa shape index (κ3) is 3.34. The average molecular weight is 231 g/mol. The van der Waals surface area contributed by atoms with Crippen LogP contribution < -0.4 is 4.74 Å². The summed E-state index contributed by atoms with van der Waals surface area (Å²) in [5.41, 5.74) is 0.923. The van der Waals surface area contributed by atoms with Crippen molar-refractivity contribution in [3.63, 3.8) is 0 Å². The summed E-state index contributed by atoms with van der Waals surface area (Å²) < 4.78 is 5.23. The van der Waals surface area contributed by atoms with Gasteiger partial charge >= 0.3 is 0 Å². The van der Waals surface area contributed by atoms with Crippen LogP contribution in [0.15, 0.2) is 41.3 Å². The van der Waals surface area contributed by atoms with Crippen molar-refractivity contribution in [2.75, 3.05) is 7.11 Å². The number of rotatable bonds is 4. The second-order valence-electron chi connectivity index (χ2n) is 3.98. The number of para-hydroxylation sites is 1. The van der Waals surface area contributed by atoms with E-state index >= 15 is 0 Å². The van der Waals surface area contributed by atoms with Gasteiger partial charge in [0, 0.05) is 12.0 Å². The largest absolute Gasteiger partial charge is 0.496 e. The average Bonchev–Trinajstić information content (AvgIpc) is 2.40. The van der Waals surface area contributed by atoms with Gasteiger partial charge in [0.05, 0.1) is 13.3 Å². The Balaban J connectivity index is 1.97. The van der Waals surface area contributed by atoms with E-state index in [-0.39, 0.29) is 0 Å². The minimum Gasteiger partial charge on any atom is -0.496 e. The maximum absolute atomic E-state index is 5.36. The van der Waals surface area contributed by atoms with Gasteiger partial charge in [-0.25, -0.2) is 0 Å². The Bertz CT molecular complexity index is 424. The molecule has 0 heterocycles. The molecule has 2 rings (SSSR count). The van der Waals surface area contributed by atoms with E-state index in [2.05, 4.69) is 11.2 Å². The van der Waals surface area contributed by atoms with Crippen LogP contribution in [-0.2, 0) is 4.84 Å². The van der Waals surface area contributed by atoms with E-state index < -0.39 is 0 Å². The maximum atomic E-state index is 5.36. The zero-order valence-corrected chi connectivity index (χ0v) is 10.1. The zero-order valence-electron chi connectivity index (χ0n) is 10.1. The highest BCUT2D eigenvalue weighted by Crippen LogP contribution is 2.19. The second-order valence-corrected chi connectivity index (χ2v) is 3.98. The highest BCUT2D eigenvalue weighted by atomic mass is 16.6. The summed E-state index contributed by atoms with van der Waals surface area (Å²) in [5, 5.41) is 4.00. The highest BCUT2D eigenvalue weighted by Gasteiger charge is 2.04. The van der Waals surface area contributed by atoms with Gasteiger partial charge in [0.15, 0.2) is 0 Å². The Labute approximate surface area is 102 Å². The smallest absolute Gasteiger partial charge is 0.131 e. The van der Waals surface area contributed by atoms with Crippen molar-refractivity contribution in [2.45, 2.75) is 25.7 Å². The van der Waals surface area contributed by atoms with Gasteiger partial charge in [0.25, 0.3) is 0 Å². The van der Waals surface area contributed by atoms with Crippen LogP contribution in [0.25, 0.3) is 0 Å². The van der Waals surface area contributed by atoms with Crippen molar-refractivity contribution in [3.05, 3.63) is 41.7 Å². The molecule has 0 spiro atoms. The lowest BCUT2D eigenvalue weighted by atomic mass is 10.1. The number of oxime groups is 1. The number of benzene rings is 1. The summed E-state index contributed by atoms with van der Waals surface area (Å²) in [5.74, 6) is 1.78. The first-order valence-electron chi connectivity index (χ1n) is 5.92. The topological polar surface area (TPSA) is 30.8 Å². The van der Waals surface area contributed by atoms with Gasteiger partial charge in [-0.1, -0.05) is 17.3 Å². The van der Waals surface area contributed by atoms with E-state index in [9.17, 15) is 0 Å². The van der Waals surface area contributed by atoms with E-state index in [1.165, 1.54) is 12.8 Å². The van der Waals surface area contributed by atoms with Crippen LogP contribution in [-0.4, -0.2) is 13.3 Å². The molecular formula is C14H17NO2. The minimum atomic E-state index is 0.803. The molecule has 1 aromatic rings. The molecule has 0 aliphatic heterocycles. The third-order valence-corrected chi connectivity index (χ3v) is 2.75. The molecule has 0 N–H and O–H groups in total. The molecule has 0 aromatic heterocycles. The standard InChI is InChI=1S/C14H17NO2/c1-16-14-10-6-5-7-12(14)11-15-17-13-8-3-2-4-9-13/h5-8,10-11H,2-4,9H2,1H3. The molecule has 3 heteroatoms. The van der Waals surface area contributed by atoms with E-state index in [0.29, 0.717) is 0 Å². The van der Waals surface area contributed by atoms with Crippen molar-refractivity contribution in [1.82, 2.24) is 0 Å². The number of hydrogen-bond donors (Lipinski definition) is 0. The Morgan fingerprint density at radius 3 is 2.88 bits per heavy atom. The van der Waals surface area contributed by atoms with Crippen LogP contribution in [0.1, 0.15) is 31.2 Å². The van der Waals surface area contributed by atoms with Crippen LogP contribution in [0, 0.1) is 0 Å².